The number of rotatable bonds is 4. The van der Waals surface area contributed by atoms with E-state index in [0.29, 0.717) is 5.56 Å². The van der Waals surface area contributed by atoms with E-state index in [4.69, 9.17) is 5.26 Å². The van der Waals surface area contributed by atoms with Crippen LogP contribution < -0.4 is 5.32 Å². The maximum Gasteiger partial charge on any atom is 0.0991 e. The van der Waals surface area contributed by atoms with Crippen LogP contribution in [0.5, 0.6) is 0 Å². The molecular weight excluding hydrogens is 236 g/mol. The fourth-order valence-electron chi connectivity index (χ4n) is 2.02. The topological polar surface area (TPSA) is 53.6 Å². The lowest BCUT2D eigenvalue weighted by molar-refractivity contribution is 0.570. The Bertz CT molecular complexity index is 590. The minimum Gasteiger partial charge on any atom is -0.306 e. The molecule has 2 rings (SSSR count). The summed E-state index contributed by atoms with van der Waals surface area (Å²) in [5.41, 5.74) is 4.27. The van der Waals surface area contributed by atoms with Gasteiger partial charge in [-0.2, -0.15) is 10.4 Å². The summed E-state index contributed by atoms with van der Waals surface area (Å²) in [4.78, 5) is 0. The molecule has 0 saturated carbocycles. The van der Waals surface area contributed by atoms with Crippen molar-refractivity contribution in [3.8, 4) is 6.07 Å². The first-order chi connectivity index (χ1) is 9.11. The van der Waals surface area contributed by atoms with Crippen molar-refractivity contribution >= 4 is 0 Å². The molecule has 1 N–H and O–H groups in total. The van der Waals surface area contributed by atoms with Gasteiger partial charge in [-0.1, -0.05) is 12.1 Å². The Hall–Kier alpha value is -2.12. The third-order valence-corrected chi connectivity index (χ3v) is 3.44. The molecule has 98 valence electrons. The van der Waals surface area contributed by atoms with Crippen LogP contribution in [0.2, 0.25) is 0 Å². The molecule has 0 spiro atoms. The van der Waals surface area contributed by atoms with E-state index in [1.54, 1.807) is 0 Å². The number of nitrogens with zero attached hydrogens (tertiary/aromatic N) is 3. The zero-order valence-corrected chi connectivity index (χ0v) is 11.5. The van der Waals surface area contributed by atoms with Gasteiger partial charge in [-0.3, -0.25) is 4.68 Å². The minimum absolute atomic E-state index is 0.254. The van der Waals surface area contributed by atoms with Crippen LogP contribution in [-0.4, -0.2) is 9.78 Å². The van der Waals surface area contributed by atoms with Crippen molar-refractivity contribution in [2.45, 2.75) is 26.4 Å². The van der Waals surface area contributed by atoms with E-state index < -0.39 is 0 Å². The van der Waals surface area contributed by atoms with E-state index in [9.17, 15) is 0 Å². The van der Waals surface area contributed by atoms with Crippen molar-refractivity contribution in [3.05, 3.63) is 52.8 Å². The van der Waals surface area contributed by atoms with Gasteiger partial charge >= 0.3 is 0 Å². The summed E-state index contributed by atoms with van der Waals surface area (Å²) in [5, 5.41) is 16.5. The predicted molar refractivity (Wildman–Crippen MR) is 74.4 cm³/mol. The zero-order chi connectivity index (χ0) is 13.8. The fourth-order valence-corrected chi connectivity index (χ4v) is 2.02. The molecule has 0 saturated heterocycles. The quantitative estimate of drug-likeness (QED) is 0.911. The van der Waals surface area contributed by atoms with Gasteiger partial charge in [0.15, 0.2) is 0 Å². The molecule has 4 nitrogen and oxygen atoms in total. The molecule has 0 amide bonds. The normalized spacial score (nSPS) is 12.1. The van der Waals surface area contributed by atoms with Crippen molar-refractivity contribution in [2.75, 3.05) is 0 Å². The Balaban J connectivity index is 1.98. The highest BCUT2D eigenvalue weighted by Gasteiger charge is 2.11. The van der Waals surface area contributed by atoms with E-state index in [-0.39, 0.29) is 6.04 Å². The van der Waals surface area contributed by atoms with Gasteiger partial charge in [0.2, 0.25) is 0 Å². The molecule has 0 bridgehead atoms. The molecule has 1 unspecified atom stereocenters. The van der Waals surface area contributed by atoms with E-state index in [1.807, 2.05) is 42.2 Å². The number of nitriles is 1. The van der Waals surface area contributed by atoms with Gasteiger partial charge in [0.1, 0.15) is 0 Å². The summed E-state index contributed by atoms with van der Waals surface area (Å²) in [5.74, 6) is 0. The van der Waals surface area contributed by atoms with Crippen molar-refractivity contribution < 1.29 is 0 Å². The number of aromatic nitrogens is 2. The van der Waals surface area contributed by atoms with E-state index in [2.05, 4.69) is 30.3 Å². The first-order valence-corrected chi connectivity index (χ1v) is 6.32. The predicted octanol–water partition coefficient (Wildman–Crippen LogP) is 2.45. The number of hydrogen-bond acceptors (Lipinski definition) is 3. The molecular formula is C15H18N4. The Morgan fingerprint density at radius 2 is 2.05 bits per heavy atom. The van der Waals surface area contributed by atoms with Gasteiger partial charge in [0.25, 0.3) is 0 Å². The summed E-state index contributed by atoms with van der Waals surface area (Å²) in [6, 6.07) is 10.0. The van der Waals surface area contributed by atoms with Crippen LogP contribution in [0.15, 0.2) is 30.5 Å². The van der Waals surface area contributed by atoms with Crippen molar-refractivity contribution in [3.63, 3.8) is 0 Å². The second kappa shape index (κ2) is 5.68. The van der Waals surface area contributed by atoms with E-state index in [0.717, 1.165) is 6.54 Å². The summed E-state index contributed by atoms with van der Waals surface area (Å²) in [6.45, 7) is 4.98. The van der Waals surface area contributed by atoms with Gasteiger partial charge in [0, 0.05) is 30.9 Å². The van der Waals surface area contributed by atoms with Crippen LogP contribution in [0.4, 0.5) is 0 Å². The molecule has 2 aromatic rings. The van der Waals surface area contributed by atoms with Gasteiger partial charge in [0.05, 0.1) is 17.8 Å². The highest BCUT2D eigenvalue weighted by molar-refractivity contribution is 5.31. The molecule has 0 aliphatic heterocycles. The average Bonchev–Trinajstić information content (AvgIpc) is 2.77. The zero-order valence-electron chi connectivity index (χ0n) is 11.5. The summed E-state index contributed by atoms with van der Waals surface area (Å²) in [7, 11) is 1.95. The molecule has 1 atom stereocenters. The third kappa shape index (κ3) is 3.01. The highest BCUT2D eigenvalue weighted by atomic mass is 15.3. The Morgan fingerprint density at radius 3 is 2.58 bits per heavy atom. The molecule has 0 aliphatic carbocycles. The highest BCUT2D eigenvalue weighted by Crippen LogP contribution is 2.16. The largest absolute Gasteiger partial charge is 0.306 e. The molecule has 19 heavy (non-hydrogen) atoms. The van der Waals surface area contributed by atoms with Crippen LogP contribution in [0.3, 0.4) is 0 Å². The molecule has 1 heterocycles. The maximum absolute atomic E-state index is 8.75. The Labute approximate surface area is 113 Å². The molecule has 0 fully saturated rings. The van der Waals surface area contributed by atoms with Gasteiger partial charge < -0.3 is 5.32 Å². The summed E-state index contributed by atoms with van der Waals surface area (Å²) in [6.07, 6.45) is 1.91. The van der Waals surface area contributed by atoms with Gasteiger partial charge in [-0.05, 0) is 31.5 Å². The van der Waals surface area contributed by atoms with Crippen molar-refractivity contribution in [1.82, 2.24) is 15.1 Å². The van der Waals surface area contributed by atoms with Crippen LogP contribution in [0, 0.1) is 18.3 Å². The van der Waals surface area contributed by atoms with Crippen LogP contribution in [0.1, 0.15) is 35.3 Å². The standard InChI is InChI=1S/C15H18N4/c1-11(15-10-18-19(3)12(15)2)17-9-14-6-4-13(8-16)5-7-14/h4-7,10-11,17H,9H2,1-3H3. The molecule has 1 aromatic heterocycles. The number of aryl methyl sites for hydroxylation is 1. The fraction of sp³-hybridized carbons (Fsp3) is 0.333. The van der Waals surface area contributed by atoms with Crippen molar-refractivity contribution in [1.29, 1.82) is 5.26 Å². The molecule has 1 aromatic carbocycles. The van der Waals surface area contributed by atoms with Crippen LogP contribution in [0.25, 0.3) is 0 Å². The van der Waals surface area contributed by atoms with Crippen LogP contribution in [-0.2, 0) is 13.6 Å². The van der Waals surface area contributed by atoms with E-state index in [1.165, 1.54) is 16.8 Å². The van der Waals surface area contributed by atoms with Gasteiger partial charge in [-0.25, -0.2) is 0 Å². The first-order valence-electron chi connectivity index (χ1n) is 6.32. The summed E-state index contributed by atoms with van der Waals surface area (Å²) < 4.78 is 1.88. The lowest BCUT2D eigenvalue weighted by Crippen LogP contribution is -2.18. The minimum atomic E-state index is 0.254. The number of benzene rings is 1. The first kappa shape index (κ1) is 13.3. The summed E-state index contributed by atoms with van der Waals surface area (Å²) >= 11 is 0. The molecule has 4 heteroatoms. The second-order valence-electron chi connectivity index (χ2n) is 4.72. The number of hydrogen-bond donors (Lipinski definition) is 1. The smallest absolute Gasteiger partial charge is 0.0991 e. The van der Waals surface area contributed by atoms with Crippen LogP contribution >= 0.6 is 0 Å². The SMILES string of the molecule is Cc1c(C(C)NCc2ccc(C#N)cc2)cnn1C. The Morgan fingerprint density at radius 1 is 1.37 bits per heavy atom. The lowest BCUT2D eigenvalue weighted by atomic mass is 10.1. The van der Waals surface area contributed by atoms with Gasteiger partial charge in [-0.15, -0.1) is 0 Å². The van der Waals surface area contributed by atoms with Crippen molar-refractivity contribution in [2.24, 2.45) is 7.05 Å². The Kier molecular flexibility index (Phi) is 3.98. The van der Waals surface area contributed by atoms with E-state index >= 15 is 0 Å². The third-order valence-electron chi connectivity index (χ3n) is 3.44. The molecule has 0 radical (unpaired) electrons. The average molecular weight is 254 g/mol. The molecule has 0 aliphatic rings. The maximum atomic E-state index is 8.75. The second-order valence-corrected chi connectivity index (χ2v) is 4.72. The number of nitrogens with one attached hydrogen (secondary N) is 1. The monoisotopic (exact) mass is 254 g/mol. The lowest BCUT2D eigenvalue weighted by Gasteiger charge is -2.13.